The molecule has 2 N–H and O–H groups in total. The number of carbonyl (C=O) groups is 1. The Labute approximate surface area is 83.1 Å². The maximum Gasteiger partial charge on any atom is 0.282 e. The van der Waals surface area contributed by atoms with Crippen molar-refractivity contribution in [3.63, 3.8) is 0 Å². The molecular formula is C7H5N5O3. The van der Waals surface area contributed by atoms with E-state index in [-0.39, 0.29) is 11.3 Å². The van der Waals surface area contributed by atoms with E-state index in [1.807, 2.05) is 0 Å². The van der Waals surface area contributed by atoms with Gasteiger partial charge in [-0.15, -0.1) is 0 Å². The summed E-state index contributed by atoms with van der Waals surface area (Å²) in [5.74, 6) is -1.01. The fourth-order valence-corrected chi connectivity index (χ4v) is 0.975. The number of amides is 1. The zero-order valence-electron chi connectivity index (χ0n) is 7.32. The lowest BCUT2D eigenvalue weighted by atomic mass is 10.1. The summed E-state index contributed by atoms with van der Waals surface area (Å²) in [6.07, 6.45) is 0. The van der Waals surface area contributed by atoms with E-state index in [1.54, 1.807) is 0 Å². The van der Waals surface area contributed by atoms with Crippen molar-refractivity contribution < 1.29 is 9.72 Å². The highest BCUT2D eigenvalue weighted by Gasteiger charge is 2.18. The summed E-state index contributed by atoms with van der Waals surface area (Å²) >= 11 is 0. The Balaban J connectivity index is 3.34. The summed E-state index contributed by atoms with van der Waals surface area (Å²) in [7, 11) is 0. The summed E-state index contributed by atoms with van der Waals surface area (Å²) in [6.45, 7) is 0. The van der Waals surface area contributed by atoms with Gasteiger partial charge in [0.15, 0.2) is 0 Å². The zero-order valence-corrected chi connectivity index (χ0v) is 7.32. The minimum atomic E-state index is -1.01. The zero-order chi connectivity index (χ0) is 11.4. The van der Waals surface area contributed by atoms with Crippen LogP contribution in [0.5, 0.6) is 0 Å². The van der Waals surface area contributed by atoms with Gasteiger partial charge in [-0.3, -0.25) is 14.9 Å². The molecule has 0 unspecified atom stereocenters. The average molecular weight is 207 g/mol. The average Bonchev–Trinajstić information content (AvgIpc) is 2.17. The van der Waals surface area contributed by atoms with Crippen molar-refractivity contribution in [1.82, 2.24) is 0 Å². The van der Waals surface area contributed by atoms with Gasteiger partial charge >= 0.3 is 0 Å². The number of hydrogen-bond donors (Lipinski definition) is 1. The molecule has 8 nitrogen and oxygen atoms in total. The SMILES string of the molecule is [N-]=[N+]=NC(=O)c1ccc(N)cc1[N+](=O)[O-]. The number of nitrogens with zero attached hydrogens (tertiary/aromatic N) is 4. The molecule has 0 fully saturated rings. The quantitative estimate of drug-likeness (QED) is 0.197. The second kappa shape index (κ2) is 4.07. The van der Waals surface area contributed by atoms with Crippen molar-refractivity contribution in [2.45, 2.75) is 0 Å². The van der Waals surface area contributed by atoms with Gasteiger partial charge in [0.05, 0.1) is 4.92 Å². The Morgan fingerprint density at radius 3 is 2.80 bits per heavy atom. The van der Waals surface area contributed by atoms with E-state index in [0.29, 0.717) is 0 Å². The van der Waals surface area contributed by atoms with Crippen LogP contribution in [-0.2, 0) is 0 Å². The summed E-state index contributed by atoms with van der Waals surface area (Å²) in [5.41, 5.74) is 12.7. The minimum Gasteiger partial charge on any atom is -0.399 e. The Morgan fingerprint density at radius 2 is 2.27 bits per heavy atom. The van der Waals surface area contributed by atoms with Gasteiger partial charge < -0.3 is 5.73 Å². The van der Waals surface area contributed by atoms with Crippen LogP contribution in [-0.4, -0.2) is 10.8 Å². The molecule has 0 saturated carbocycles. The second-order valence-corrected chi connectivity index (χ2v) is 2.53. The summed E-state index contributed by atoms with van der Waals surface area (Å²) < 4.78 is 0. The van der Waals surface area contributed by atoms with Crippen LogP contribution in [0.3, 0.4) is 0 Å². The van der Waals surface area contributed by atoms with Crippen LogP contribution in [0, 0.1) is 10.1 Å². The lowest BCUT2D eigenvalue weighted by Gasteiger charge is -1.98. The van der Waals surface area contributed by atoms with Crippen LogP contribution < -0.4 is 5.73 Å². The van der Waals surface area contributed by atoms with Crippen LogP contribution >= 0.6 is 0 Å². The third kappa shape index (κ3) is 2.20. The van der Waals surface area contributed by atoms with Crippen LogP contribution in [0.25, 0.3) is 10.4 Å². The van der Waals surface area contributed by atoms with Crippen molar-refractivity contribution in [1.29, 1.82) is 0 Å². The summed E-state index contributed by atoms with van der Waals surface area (Å²) in [6, 6.07) is 3.48. The van der Waals surface area contributed by atoms with E-state index in [2.05, 4.69) is 10.0 Å². The first-order valence-electron chi connectivity index (χ1n) is 3.69. The van der Waals surface area contributed by atoms with Gasteiger partial charge in [0.25, 0.3) is 11.6 Å². The Kier molecular flexibility index (Phi) is 2.85. The summed E-state index contributed by atoms with van der Waals surface area (Å²) in [5, 5.41) is 13.3. The van der Waals surface area contributed by atoms with Crippen LogP contribution in [0.1, 0.15) is 10.4 Å². The molecule has 0 spiro atoms. The predicted octanol–water partition coefficient (Wildman–Crippen LogP) is 1.63. The number of anilines is 1. The third-order valence-corrected chi connectivity index (χ3v) is 1.58. The first-order chi connectivity index (χ1) is 7.06. The molecule has 1 amide bonds. The highest BCUT2D eigenvalue weighted by Crippen LogP contribution is 2.22. The molecule has 0 aromatic heterocycles. The first-order valence-corrected chi connectivity index (χ1v) is 3.69. The van der Waals surface area contributed by atoms with Crippen molar-refractivity contribution in [3.8, 4) is 0 Å². The number of nitrogen functional groups attached to an aromatic ring is 1. The number of nitro benzene ring substituents is 1. The standard InChI is InChI=1S/C7H5N5O3/c8-4-1-2-5(7(13)10-11-9)6(3-4)12(14)15/h1-3H,8H2. The number of nitro groups is 1. The number of nitrogens with two attached hydrogens (primary N) is 1. The molecule has 0 heterocycles. The maximum atomic E-state index is 11.1. The molecule has 15 heavy (non-hydrogen) atoms. The van der Waals surface area contributed by atoms with Crippen LogP contribution in [0.2, 0.25) is 0 Å². The maximum absolute atomic E-state index is 11.1. The molecule has 8 heteroatoms. The molecule has 0 atom stereocenters. The second-order valence-electron chi connectivity index (χ2n) is 2.53. The Morgan fingerprint density at radius 1 is 1.60 bits per heavy atom. The van der Waals surface area contributed by atoms with E-state index >= 15 is 0 Å². The van der Waals surface area contributed by atoms with Gasteiger partial charge in [-0.2, -0.15) is 0 Å². The highest BCUT2D eigenvalue weighted by atomic mass is 16.6. The van der Waals surface area contributed by atoms with Crippen molar-refractivity contribution in [3.05, 3.63) is 44.3 Å². The van der Waals surface area contributed by atoms with Gasteiger partial charge in [-0.1, -0.05) is 0 Å². The largest absolute Gasteiger partial charge is 0.399 e. The number of carbonyl (C=O) groups excluding carboxylic acids is 1. The van der Waals surface area contributed by atoms with E-state index in [1.165, 1.54) is 6.07 Å². The number of benzene rings is 1. The molecule has 0 aliphatic rings. The molecule has 0 aliphatic heterocycles. The Hall–Kier alpha value is -2.60. The van der Waals surface area contributed by atoms with Crippen molar-refractivity contribution in [2.75, 3.05) is 5.73 Å². The van der Waals surface area contributed by atoms with Gasteiger partial charge in [0.1, 0.15) is 5.56 Å². The van der Waals surface area contributed by atoms with Gasteiger partial charge in [0, 0.05) is 16.7 Å². The molecule has 1 aromatic carbocycles. The molecule has 0 bridgehead atoms. The molecule has 1 aromatic rings. The predicted molar refractivity (Wildman–Crippen MR) is 51.0 cm³/mol. The third-order valence-electron chi connectivity index (χ3n) is 1.58. The molecular weight excluding hydrogens is 202 g/mol. The number of hydrogen-bond acceptors (Lipinski definition) is 4. The van der Waals surface area contributed by atoms with E-state index in [9.17, 15) is 14.9 Å². The lowest BCUT2D eigenvalue weighted by Crippen LogP contribution is -2.01. The molecule has 0 aliphatic carbocycles. The van der Waals surface area contributed by atoms with Crippen molar-refractivity contribution in [2.24, 2.45) is 5.11 Å². The molecule has 76 valence electrons. The Bertz CT molecular complexity index is 478. The van der Waals surface area contributed by atoms with Crippen molar-refractivity contribution >= 4 is 17.3 Å². The minimum absolute atomic E-state index is 0.152. The first kappa shape index (κ1) is 10.5. The van der Waals surface area contributed by atoms with E-state index in [4.69, 9.17) is 11.3 Å². The lowest BCUT2D eigenvalue weighted by molar-refractivity contribution is -0.385. The summed E-state index contributed by atoms with van der Waals surface area (Å²) in [4.78, 5) is 23.2. The molecule has 1 rings (SSSR count). The monoisotopic (exact) mass is 207 g/mol. The van der Waals surface area contributed by atoms with Gasteiger partial charge in [0.2, 0.25) is 0 Å². The van der Waals surface area contributed by atoms with E-state index < -0.39 is 16.5 Å². The molecule has 0 radical (unpaired) electrons. The van der Waals surface area contributed by atoms with E-state index in [0.717, 1.165) is 12.1 Å². The van der Waals surface area contributed by atoms with Crippen LogP contribution in [0.15, 0.2) is 23.3 Å². The van der Waals surface area contributed by atoms with Gasteiger partial charge in [-0.05, 0) is 22.8 Å². The number of azide groups is 1. The van der Waals surface area contributed by atoms with Crippen LogP contribution in [0.4, 0.5) is 11.4 Å². The molecule has 0 saturated heterocycles. The highest BCUT2D eigenvalue weighted by molar-refractivity contribution is 5.99. The normalized spacial score (nSPS) is 9.07. The number of rotatable bonds is 2. The fraction of sp³-hybridized carbons (Fsp3) is 0. The smallest absolute Gasteiger partial charge is 0.282 e. The fourth-order valence-electron chi connectivity index (χ4n) is 0.975. The topological polar surface area (TPSA) is 135 Å². The van der Waals surface area contributed by atoms with Gasteiger partial charge in [-0.25, -0.2) is 0 Å².